The van der Waals surface area contributed by atoms with E-state index >= 15 is 0 Å². The predicted molar refractivity (Wildman–Crippen MR) is 165 cm³/mol. The summed E-state index contributed by atoms with van der Waals surface area (Å²) in [5.74, 6) is 0. The second-order valence-electron chi connectivity index (χ2n) is 13.1. The quantitative estimate of drug-likeness (QED) is 0.0574. The molecule has 3 nitrogen and oxygen atoms in total. The molecular weight excluding hydrogens is 520 g/mol. The molecule has 0 saturated carbocycles. The van der Waals surface area contributed by atoms with Crippen LogP contribution in [0.5, 0.6) is 0 Å². The number of hydrogen-bond donors (Lipinski definition) is 0. The molecule has 0 aliphatic carbocycles. The van der Waals surface area contributed by atoms with Crippen molar-refractivity contribution in [2.24, 2.45) is 0 Å². The summed E-state index contributed by atoms with van der Waals surface area (Å²) in [6, 6.07) is 0. The minimum Gasteiger partial charge on any atom is -1.00 e. The summed E-state index contributed by atoms with van der Waals surface area (Å²) in [7, 11) is 10.3. The number of rotatable bonds is 26. The van der Waals surface area contributed by atoms with E-state index in [4.69, 9.17) is 0 Å². The van der Waals surface area contributed by atoms with Crippen LogP contribution in [0.15, 0.2) is 0 Å². The van der Waals surface area contributed by atoms with Crippen LogP contribution >= 0.6 is 0 Å². The summed E-state index contributed by atoms with van der Waals surface area (Å²) in [5.41, 5.74) is 0. The Hall–Kier alpha value is 0.360. The van der Waals surface area contributed by atoms with E-state index in [0.717, 1.165) is 17.4 Å². The fraction of sp³-hybridized carbons (Fsp3) is 1.00. The Balaban J connectivity index is -0.000000623. The molecule has 0 radical (unpaired) electrons. The maximum Gasteiger partial charge on any atom is 0.0780 e. The van der Waals surface area contributed by atoms with Crippen LogP contribution in [0.25, 0.3) is 0 Å². The molecule has 0 aliphatic heterocycles. The maximum atomic E-state index is 11.3. The van der Waals surface area contributed by atoms with Gasteiger partial charge in [-0.05, 0) is 25.7 Å². The van der Waals surface area contributed by atoms with Crippen LogP contribution in [0.2, 0.25) is 0 Å². The molecule has 0 spiro atoms. The first kappa shape index (κ1) is 41.8. The molecule has 0 saturated heterocycles. The molecule has 0 bridgehead atoms. The average molecular weight is 594 g/mol. The Labute approximate surface area is 247 Å². The number of quaternary nitrogens is 2. The lowest BCUT2D eigenvalue weighted by Crippen LogP contribution is -3.00. The van der Waals surface area contributed by atoms with Gasteiger partial charge in [0, 0.05) is 0 Å². The van der Waals surface area contributed by atoms with Crippen molar-refractivity contribution in [3.63, 3.8) is 0 Å². The van der Waals surface area contributed by atoms with Gasteiger partial charge in [-0.25, -0.2) is 0 Å². The van der Waals surface area contributed by atoms with Gasteiger partial charge >= 0.3 is 0 Å². The molecule has 0 unspecified atom stereocenters. The lowest BCUT2D eigenvalue weighted by Gasteiger charge is -2.33. The Morgan fingerprint density at radius 1 is 0.351 bits per heavy atom. The van der Waals surface area contributed by atoms with Crippen molar-refractivity contribution in [1.29, 1.82) is 0 Å². The van der Waals surface area contributed by atoms with Gasteiger partial charge in [-0.3, -0.25) is 0 Å². The smallest absolute Gasteiger partial charge is 0.0780 e. The molecule has 0 atom stereocenters. The first-order chi connectivity index (χ1) is 17.1. The third kappa shape index (κ3) is 46.6. The SMILES string of the molecule is CCCCCCCCCCCCCCCC[N+](C)(C)C.CCCCCCCCCCCC[N+](C)(C)[O-].[Br-]. The van der Waals surface area contributed by atoms with Crippen molar-refractivity contribution in [2.45, 2.75) is 168 Å². The zero-order valence-corrected chi connectivity index (χ0v) is 28.7. The van der Waals surface area contributed by atoms with Crippen molar-refractivity contribution in [2.75, 3.05) is 48.3 Å². The van der Waals surface area contributed by atoms with E-state index in [1.54, 1.807) is 14.1 Å². The van der Waals surface area contributed by atoms with E-state index in [9.17, 15) is 5.21 Å². The Morgan fingerprint density at radius 2 is 0.568 bits per heavy atom. The minimum absolute atomic E-state index is 0. The number of unbranched alkanes of at least 4 members (excludes halogenated alkanes) is 22. The molecule has 0 aromatic rings. The second kappa shape index (κ2) is 30.9. The third-order valence-corrected chi connectivity index (χ3v) is 7.23. The lowest BCUT2D eigenvalue weighted by atomic mass is 10.0. The van der Waals surface area contributed by atoms with Crippen LogP contribution in [-0.2, 0) is 0 Å². The molecule has 0 heterocycles. The molecule has 0 aliphatic rings. The fourth-order valence-corrected chi connectivity index (χ4v) is 4.76. The van der Waals surface area contributed by atoms with Crippen LogP contribution in [-0.4, -0.2) is 57.5 Å². The highest BCUT2D eigenvalue weighted by Gasteiger charge is 2.05. The molecule has 228 valence electrons. The van der Waals surface area contributed by atoms with Crippen LogP contribution in [0.4, 0.5) is 0 Å². The Kier molecular flexibility index (Phi) is 34.9. The van der Waals surface area contributed by atoms with Crippen LogP contribution in [0.1, 0.15) is 168 Å². The first-order valence-corrected chi connectivity index (χ1v) is 16.5. The molecule has 0 fully saturated rings. The van der Waals surface area contributed by atoms with Crippen molar-refractivity contribution in [3.8, 4) is 0 Å². The van der Waals surface area contributed by atoms with Crippen molar-refractivity contribution in [3.05, 3.63) is 5.21 Å². The molecular formula is C33H73BrN2O. The van der Waals surface area contributed by atoms with Gasteiger partial charge in [-0.2, -0.15) is 0 Å². The highest BCUT2D eigenvalue weighted by Crippen LogP contribution is 2.13. The monoisotopic (exact) mass is 592 g/mol. The van der Waals surface area contributed by atoms with Gasteiger partial charge in [0.1, 0.15) is 0 Å². The van der Waals surface area contributed by atoms with Gasteiger partial charge in [-0.15, -0.1) is 0 Å². The fourth-order valence-electron chi connectivity index (χ4n) is 4.76. The maximum absolute atomic E-state index is 11.3. The summed E-state index contributed by atoms with van der Waals surface area (Å²) in [5, 5.41) is 11.3. The van der Waals surface area contributed by atoms with E-state index in [-0.39, 0.29) is 21.6 Å². The standard InChI is InChI=1S/C19H42N.C14H31NO.BrH/c1-5-6-7-8-9-10-11-12-13-14-15-16-17-18-19-20(2,3)4;1-4-5-6-7-8-9-10-11-12-13-14-15(2,3)16;/h5-19H2,1-4H3;4-14H2,1-3H3;1H/q+1;;/p-1. The lowest BCUT2D eigenvalue weighted by molar-refractivity contribution is -0.870. The van der Waals surface area contributed by atoms with E-state index in [2.05, 4.69) is 35.0 Å². The summed E-state index contributed by atoms with van der Waals surface area (Å²) in [6.07, 6.45) is 33.7. The van der Waals surface area contributed by atoms with Crippen LogP contribution in [0, 0.1) is 5.21 Å². The van der Waals surface area contributed by atoms with Gasteiger partial charge in [0.25, 0.3) is 0 Å². The number of hydroxylamine groups is 3. The highest BCUT2D eigenvalue weighted by molar-refractivity contribution is 4.50. The van der Waals surface area contributed by atoms with Crippen molar-refractivity contribution < 1.29 is 26.1 Å². The first-order valence-electron chi connectivity index (χ1n) is 16.5. The summed E-state index contributed by atoms with van der Waals surface area (Å²) < 4.78 is 0.995. The van der Waals surface area contributed by atoms with Crippen LogP contribution in [0.3, 0.4) is 0 Å². The molecule has 0 aromatic heterocycles. The van der Waals surface area contributed by atoms with Crippen molar-refractivity contribution >= 4 is 0 Å². The summed E-state index contributed by atoms with van der Waals surface area (Å²) in [4.78, 5) is 0. The molecule has 0 aromatic carbocycles. The molecule has 37 heavy (non-hydrogen) atoms. The topological polar surface area (TPSA) is 23.1 Å². The van der Waals surface area contributed by atoms with E-state index in [1.807, 2.05) is 0 Å². The number of hydrogen-bond acceptors (Lipinski definition) is 1. The summed E-state index contributed by atoms with van der Waals surface area (Å²) in [6.45, 7) is 6.66. The normalized spacial score (nSPS) is 11.7. The van der Waals surface area contributed by atoms with Crippen molar-refractivity contribution in [1.82, 2.24) is 0 Å². The average Bonchev–Trinajstić information content (AvgIpc) is 2.79. The largest absolute Gasteiger partial charge is 1.00 e. The summed E-state index contributed by atoms with van der Waals surface area (Å²) >= 11 is 0. The van der Waals surface area contributed by atoms with E-state index in [0.29, 0.717) is 0 Å². The van der Waals surface area contributed by atoms with Gasteiger partial charge < -0.3 is 31.3 Å². The molecule has 4 heteroatoms. The van der Waals surface area contributed by atoms with Gasteiger partial charge in [0.15, 0.2) is 0 Å². The zero-order chi connectivity index (χ0) is 27.4. The van der Waals surface area contributed by atoms with Gasteiger partial charge in [0.05, 0.1) is 48.3 Å². The van der Waals surface area contributed by atoms with Crippen LogP contribution < -0.4 is 17.0 Å². The van der Waals surface area contributed by atoms with Gasteiger partial charge in [0.2, 0.25) is 0 Å². The minimum atomic E-state index is -0.128. The third-order valence-electron chi connectivity index (χ3n) is 7.23. The number of nitrogens with zero attached hydrogens (tertiary/aromatic N) is 2. The Morgan fingerprint density at radius 3 is 0.784 bits per heavy atom. The predicted octanol–water partition coefficient (Wildman–Crippen LogP) is 7.66. The Bertz CT molecular complexity index is 404. The van der Waals surface area contributed by atoms with E-state index in [1.165, 1.54) is 154 Å². The molecule has 0 N–H and O–H groups in total. The van der Waals surface area contributed by atoms with Gasteiger partial charge in [-0.1, -0.05) is 142 Å². The molecule has 0 rings (SSSR count). The second-order valence-corrected chi connectivity index (χ2v) is 13.1. The highest BCUT2D eigenvalue weighted by atomic mass is 79.9. The zero-order valence-electron chi connectivity index (χ0n) is 27.1. The number of halogens is 1. The molecule has 0 amide bonds. The van der Waals surface area contributed by atoms with E-state index < -0.39 is 0 Å².